The van der Waals surface area contributed by atoms with Crippen molar-refractivity contribution in [2.24, 2.45) is 0 Å². The molecule has 32 heavy (non-hydrogen) atoms. The molecule has 0 heterocycles. The summed E-state index contributed by atoms with van der Waals surface area (Å²) in [6.07, 6.45) is 0. The van der Waals surface area contributed by atoms with E-state index in [1.165, 1.54) is 10.4 Å². The molecule has 0 saturated carbocycles. The van der Waals surface area contributed by atoms with E-state index in [1.807, 2.05) is 0 Å². The van der Waals surface area contributed by atoms with Crippen molar-refractivity contribution in [3.63, 3.8) is 0 Å². The van der Waals surface area contributed by atoms with E-state index in [2.05, 4.69) is 121 Å². The zero-order valence-corrected chi connectivity index (χ0v) is 26.2. The predicted molar refractivity (Wildman–Crippen MR) is 143 cm³/mol. The Hall–Kier alpha value is -0.506. The number of benzene rings is 1. The lowest BCUT2D eigenvalue weighted by Crippen LogP contribution is -2.53. The molecule has 0 spiro atoms. The first kappa shape index (κ1) is 29.5. The topological polar surface area (TPSA) is 36.9 Å². The van der Waals surface area contributed by atoms with Gasteiger partial charge in [0.05, 0.1) is 22.4 Å². The first-order chi connectivity index (χ1) is 14.0. The smallest absolute Gasteiger partial charge is 0.148 e. The van der Waals surface area contributed by atoms with E-state index in [-0.39, 0.29) is 22.4 Å². The average molecular weight is 483 g/mol. The van der Waals surface area contributed by atoms with Crippen LogP contribution in [0.15, 0.2) is 24.3 Å². The molecule has 1 aromatic carbocycles. The molecule has 0 radical (unpaired) electrons. The minimum Gasteiger partial charge on any atom is -0.349 e. The molecule has 0 aromatic heterocycles. The molecule has 1 rings (SSSR count). The van der Waals surface area contributed by atoms with Crippen molar-refractivity contribution in [3.05, 3.63) is 24.3 Å². The van der Waals surface area contributed by atoms with E-state index < -0.39 is 29.9 Å². The molecular formula is C26H50O4Si2. The Balaban J connectivity index is 3.08. The van der Waals surface area contributed by atoms with Crippen LogP contribution < -0.4 is 10.4 Å². The van der Waals surface area contributed by atoms with Crippen LogP contribution in [0.1, 0.15) is 96.9 Å². The Labute approximate surface area is 202 Å². The zero-order chi connectivity index (χ0) is 25.2. The molecule has 0 amide bonds. The fraction of sp³-hybridized carbons (Fsp3) is 0.769. The summed E-state index contributed by atoms with van der Waals surface area (Å²) < 4.78 is 25.7. The fourth-order valence-electron chi connectivity index (χ4n) is 4.29. The van der Waals surface area contributed by atoms with Gasteiger partial charge >= 0.3 is 0 Å². The van der Waals surface area contributed by atoms with Gasteiger partial charge in [-0.1, -0.05) is 34.6 Å². The van der Waals surface area contributed by atoms with Crippen molar-refractivity contribution < 1.29 is 18.9 Å². The lowest BCUT2D eigenvalue weighted by molar-refractivity contribution is -0.256. The number of ether oxygens (including phenoxy) is 4. The second kappa shape index (κ2) is 10.0. The highest BCUT2D eigenvalue weighted by Crippen LogP contribution is 2.27. The highest BCUT2D eigenvalue weighted by molar-refractivity contribution is 6.58. The SMILES string of the molecule is CC(C)(C)OC(C)(OC(C)(C)C)[SiH2]c1ccc([SiH2]C(C)(OC(C)(C)C)OC(C)(C)C)cc1. The average Bonchev–Trinajstić information content (AvgIpc) is 2.40. The molecule has 0 atom stereocenters. The second-order valence-electron chi connectivity index (χ2n) is 13.3. The quantitative estimate of drug-likeness (QED) is 0.416. The second-order valence-corrected chi connectivity index (χ2v) is 18.2. The molecule has 0 aliphatic carbocycles. The van der Waals surface area contributed by atoms with Crippen LogP contribution >= 0.6 is 0 Å². The van der Waals surface area contributed by atoms with Gasteiger partial charge in [-0.05, 0) is 96.9 Å². The number of hydrogen-bond donors (Lipinski definition) is 0. The molecule has 1 aromatic rings. The van der Waals surface area contributed by atoms with E-state index in [0.717, 1.165) is 0 Å². The maximum Gasteiger partial charge on any atom is 0.148 e. The summed E-state index contributed by atoms with van der Waals surface area (Å²) in [7, 11) is -1.72. The Bertz CT molecular complexity index is 622. The zero-order valence-electron chi connectivity index (χ0n) is 23.4. The van der Waals surface area contributed by atoms with Crippen molar-refractivity contribution in [2.45, 2.75) is 130 Å². The van der Waals surface area contributed by atoms with Gasteiger partial charge < -0.3 is 18.9 Å². The van der Waals surface area contributed by atoms with Gasteiger partial charge in [0.15, 0.2) is 0 Å². The molecule has 0 aliphatic rings. The van der Waals surface area contributed by atoms with Crippen molar-refractivity contribution in [1.82, 2.24) is 0 Å². The van der Waals surface area contributed by atoms with Gasteiger partial charge in [0, 0.05) is 0 Å². The number of hydrogen-bond acceptors (Lipinski definition) is 4. The third-order valence-electron chi connectivity index (χ3n) is 4.16. The van der Waals surface area contributed by atoms with Gasteiger partial charge in [-0.15, -0.1) is 0 Å². The van der Waals surface area contributed by atoms with Crippen molar-refractivity contribution in [2.75, 3.05) is 0 Å². The Morgan fingerprint density at radius 3 is 0.750 bits per heavy atom. The number of rotatable bonds is 8. The van der Waals surface area contributed by atoms with E-state index >= 15 is 0 Å². The first-order valence-corrected chi connectivity index (χ1v) is 14.7. The Morgan fingerprint density at radius 1 is 0.406 bits per heavy atom. The summed E-state index contributed by atoms with van der Waals surface area (Å²) in [6.45, 7) is 29.3. The van der Waals surface area contributed by atoms with Gasteiger partial charge in [0.25, 0.3) is 0 Å². The van der Waals surface area contributed by atoms with Crippen LogP contribution in [0.5, 0.6) is 0 Å². The molecule has 0 N–H and O–H groups in total. The van der Waals surface area contributed by atoms with Crippen LogP contribution in [0, 0.1) is 0 Å². The van der Waals surface area contributed by atoms with Crippen LogP contribution in [-0.2, 0) is 18.9 Å². The third kappa shape index (κ3) is 12.7. The standard InChI is InChI=1S/C26H50O4Si2/c1-21(2,3)27-25(13,28-22(4,5)6)31-19-15-17-20(18-16-19)32-26(14,29-23(7,8)9)30-24(10,11)12/h15-18H,31-32H2,1-14H3. The summed E-state index contributed by atoms with van der Waals surface area (Å²) in [5.41, 5.74) is -2.22. The fourth-order valence-corrected chi connectivity index (χ4v) is 8.74. The molecular weight excluding hydrogens is 432 g/mol. The third-order valence-corrected chi connectivity index (χ3v) is 7.78. The minimum absolute atomic E-state index is 0.268. The molecule has 6 heteroatoms. The summed E-state index contributed by atoms with van der Waals surface area (Å²) in [4.78, 5) is 0. The van der Waals surface area contributed by atoms with Gasteiger partial charge in [0.2, 0.25) is 0 Å². The highest BCUT2D eigenvalue weighted by atomic mass is 28.2. The van der Waals surface area contributed by atoms with E-state index in [1.54, 1.807) is 0 Å². The molecule has 4 nitrogen and oxygen atoms in total. The van der Waals surface area contributed by atoms with E-state index in [9.17, 15) is 0 Å². The van der Waals surface area contributed by atoms with Gasteiger partial charge in [-0.25, -0.2) is 0 Å². The Morgan fingerprint density at radius 2 is 0.594 bits per heavy atom. The maximum atomic E-state index is 6.43. The van der Waals surface area contributed by atoms with E-state index in [0.29, 0.717) is 0 Å². The normalized spacial score (nSPS) is 15.4. The summed E-state index contributed by atoms with van der Waals surface area (Å²) in [6, 6.07) is 9.00. The molecule has 0 saturated heterocycles. The van der Waals surface area contributed by atoms with Gasteiger partial charge in [-0.3, -0.25) is 0 Å². The predicted octanol–water partition coefficient (Wildman–Crippen LogP) is 3.88. The van der Waals surface area contributed by atoms with Crippen LogP contribution in [0.2, 0.25) is 0 Å². The summed E-state index contributed by atoms with van der Waals surface area (Å²) in [5, 5.41) is 2.66. The van der Waals surface area contributed by atoms with Crippen LogP contribution in [0.3, 0.4) is 0 Å². The first-order valence-electron chi connectivity index (χ1n) is 11.9. The van der Waals surface area contributed by atoms with Crippen LogP contribution in [0.25, 0.3) is 0 Å². The minimum atomic E-state index is -0.858. The lowest BCUT2D eigenvalue weighted by atomic mass is 10.2. The molecule has 0 aliphatic heterocycles. The molecule has 186 valence electrons. The molecule has 0 bridgehead atoms. The highest BCUT2D eigenvalue weighted by Gasteiger charge is 2.37. The summed E-state index contributed by atoms with van der Waals surface area (Å²) >= 11 is 0. The lowest BCUT2D eigenvalue weighted by Gasteiger charge is -2.41. The summed E-state index contributed by atoms with van der Waals surface area (Å²) in [5.74, 6) is 0. The molecule has 0 unspecified atom stereocenters. The van der Waals surface area contributed by atoms with Gasteiger partial charge in [0.1, 0.15) is 29.9 Å². The Kier molecular flexibility index (Phi) is 9.23. The van der Waals surface area contributed by atoms with Crippen molar-refractivity contribution in [3.8, 4) is 0 Å². The van der Waals surface area contributed by atoms with Gasteiger partial charge in [-0.2, -0.15) is 0 Å². The monoisotopic (exact) mass is 482 g/mol. The van der Waals surface area contributed by atoms with Crippen molar-refractivity contribution in [1.29, 1.82) is 0 Å². The van der Waals surface area contributed by atoms with Crippen molar-refractivity contribution >= 4 is 29.4 Å². The van der Waals surface area contributed by atoms with E-state index in [4.69, 9.17) is 18.9 Å². The maximum absolute atomic E-state index is 6.43. The van der Waals surface area contributed by atoms with Crippen LogP contribution in [0.4, 0.5) is 0 Å². The van der Waals surface area contributed by atoms with Crippen LogP contribution in [-0.4, -0.2) is 52.3 Å². The largest absolute Gasteiger partial charge is 0.349 e. The molecule has 0 fully saturated rings.